The van der Waals surface area contributed by atoms with Gasteiger partial charge in [-0.05, 0) is 48.7 Å². The lowest BCUT2D eigenvalue weighted by atomic mass is 10.1. The van der Waals surface area contributed by atoms with E-state index in [1.165, 1.54) is 11.1 Å². The van der Waals surface area contributed by atoms with Crippen molar-refractivity contribution in [2.45, 2.75) is 19.9 Å². The van der Waals surface area contributed by atoms with Gasteiger partial charge in [0.1, 0.15) is 11.8 Å². The van der Waals surface area contributed by atoms with E-state index in [1.807, 2.05) is 18.2 Å². The van der Waals surface area contributed by atoms with Gasteiger partial charge in [-0.1, -0.05) is 30.3 Å². The third-order valence-electron chi connectivity index (χ3n) is 3.55. The van der Waals surface area contributed by atoms with Crippen LogP contribution < -0.4 is 10.1 Å². The molecule has 0 saturated heterocycles. The summed E-state index contributed by atoms with van der Waals surface area (Å²) >= 11 is 0. The molecule has 0 amide bonds. The Labute approximate surface area is 126 Å². The Kier molecular flexibility index (Phi) is 5.36. The number of hydrogen-bond acceptors (Lipinski definition) is 3. The number of ether oxygens (including phenoxy) is 1. The minimum atomic E-state index is 0.579. The van der Waals surface area contributed by atoms with Gasteiger partial charge < -0.3 is 10.1 Å². The van der Waals surface area contributed by atoms with Crippen LogP contribution in [-0.2, 0) is 13.0 Å². The van der Waals surface area contributed by atoms with Crippen LogP contribution in [0.5, 0.6) is 5.75 Å². The minimum Gasteiger partial charge on any atom is -0.495 e. The zero-order valence-corrected chi connectivity index (χ0v) is 12.5. The van der Waals surface area contributed by atoms with Crippen molar-refractivity contribution in [1.29, 1.82) is 5.26 Å². The lowest BCUT2D eigenvalue weighted by Gasteiger charge is -2.09. The van der Waals surface area contributed by atoms with E-state index in [0.717, 1.165) is 25.1 Å². The molecule has 0 aliphatic carbocycles. The van der Waals surface area contributed by atoms with Crippen LogP contribution in [-0.4, -0.2) is 13.7 Å². The summed E-state index contributed by atoms with van der Waals surface area (Å²) in [5.41, 5.74) is 4.38. The van der Waals surface area contributed by atoms with Gasteiger partial charge in [0.2, 0.25) is 0 Å². The summed E-state index contributed by atoms with van der Waals surface area (Å²) < 4.78 is 5.14. The summed E-state index contributed by atoms with van der Waals surface area (Å²) in [6.07, 6.45) is 1.01. The number of rotatable bonds is 6. The Hall–Kier alpha value is -2.31. The van der Waals surface area contributed by atoms with Crippen molar-refractivity contribution in [2.75, 3.05) is 13.7 Å². The second-order valence-electron chi connectivity index (χ2n) is 5.00. The first-order chi connectivity index (χ1) is 10.2. The number of methoxy groups -OCH3 is 1. The molecule has 0 fully saturated rings. The van der Waals surface area contributed by atoms with Crippen molar-refractivity contribution in [3.8, 4) is 11.8 Å². The number of nitrogens with zero attached hydrogens (tertiary/aromatic N) is 1. The summed E-state index contributed by atoms with van der Waals surface area (Å²) in [4.78, 5) is 0. The fourth-order valence-electron chi connectivity index (χ4n) is 2.30. The highest BCUT2D eigenvalue weighted by atomic mass is 16.5. The van der Waals surface area contributed by atoms with Gasteiger partial charge in [-0.15, -0.1) is 0 Å². The minimum absolute atomic E-state index is 0.579. The predicted octanol–water partition coefficient (Wildman–Crippen LogP) is 3.21. The molecule has 0 aliphatic rings. The Morgan fingerprint density at radius 1 is 1.19 bits per heavy atom. The van der Waals surface area contributed by atoms with Crippen LogP contribution in [0.1, 0.15) is 22.3 Å². The second kappa shape index (κ2) is 7.47. The summed E-state index contributed by atoms with van der Waals surface area (Å²) in [5.74, 6) is 0.626. The molecule has 0 aliphatic heterocycles. The molecular weight excluding hydrogens is 260 g/mol. The molecule has 3 nitrogen and oxygen atoms in total. The smallest absolute Gasteiger partial charge is 0.136 e. The Balaban J connectivity index is 1.87. The van der Waals surface area contributed by atoms with Gasteiger partial charge in [0.25, 0.3) is 0 Å². The van der Waals surface area contributed by atoms with Crippen molar-refractivity contribution in [2.24, 2.45) is 0 Å². The van der Waals surface area contributed by atoms with Gasteiger partial charge in [0.05, 0.1) is 12.7 Å². The first-order valence-corrected chi connectivity index (χ1v) is 7.07. The average molecular weight is 280 g/mol. The fourth-order valence-corrected chi connectivity index (χ4v) is 2.30. The molecule has 0 aromatic heterocycles. The van der Waals surface area contributed by atoms with Crippen LogP contribution in [0.15, 0.2) is 42.5 Å². The third kappa shape index (κ3) is 4.08. The number of aryl methyl sites for hydroxylation is 1. The normalized spacial score (nSPS) is 10.1. The molecule has 0 radical (unpaired) electrons. The quantitative estimate of drug-likeness (QED) is 0.826. The third-order valence-corrected chi connectivity index (χ3v) is 3.55. The topological polar surface area (TPSA) is 45.0 Å². The Morgan fingerprint density at radius 2 is 2.00 bits per heavy atom. The number of hydrogen-bond donors (Lipinski definition) is 1. The number of nitriles is 1. The monoisotopic (exact) mass is 280 g/mol. The van der Waals surface area contributed by atoms with Gasteiger partial charge >= 0.3 is 0 Å². The molecule has 0 unspecified atom stereocenters. The zero-order chi connectivity index (χ0) is 15.1. The maximum Gasteiger partial charge on any atom is 0.136 e. The van der Waals surface area contributed by atoms with Crippen molar-refractivity contribution in [3.05, 3.63) is 64.7 Å². The largest absolute Gasteiger partial charge is 0.495 e. The molecule has 0 heterocycles. The molecule has 0 saturated carbocycles. The molecule has 108 valence electrons. The average Bonchev–Trinajstić information content (AvgIpc) is 2.52. The van der Waals surface area contributed by atoms with Crippen LogP contribution in [0.3, 0.4) is 0 Å². The van der Waals surface area contributed by atoms with Crippen molar-refractivity contribution < 1.29 is 4.74 Å². The highest BCUT2D eigenvalue weighted by Crippen LogP contribution is 2.18. The SMILES string of the molecule is COc1ccc(CNCCc2ccccc2C)cc1C#N. The van der Waals surface area contributed by atoms with E-state index in [4.69, 9.17) is 10.00 Å². The van der Waals surface area contributed by atoms with Crippen LogP contribution in [0.4, 0.5) is 0 Å². The molecule has 2 aromatic carbocycles. The number of benzene rings is 2. The fraction of sp³-hybridized carbons (Fsp3) is 0.278. The molecule has 2 aromatic rings. The van der Waals surface area contributed by atoms with E-state index in [9.17, 15) is 0 Å². The molecule has 1 N–H and O–H groups in total. The van der Waals surface area contributed by atoms with E-state index in [2.05, 4.69) is 42.6 Å². The molecule has 0 bridgehead atoms. The van der Waals surface area contributed by atoms with Crippen molar-refractivity contribution >= 4 is 0 Å². The summed E-state index contributed by atoms with van der Waals surface area (Å²) in [6.45, 7) is 3.81. The molecule has 0 spiro atoms. The maximum atomic E-state index is 9.07. The van der Waals surface area contributed by atoms with E-state index >= 15 is 0 Å². The Bertz CT molecular complexity index is 644. The predicted molar refractivity (Wildman–Crippen MR) is 84.3 cm³/mol. The van der Waals surface area contributed by atoms with Gasteiger partial charge in [0.15, 0.2) is 0 Å². The molecule has 21 heavy (non-hydrogen) atoms. The van der Waals surface area contributed by atoms with Gasteiger partial charge in [-0.2, -0.15) is 5.26 Å². The van der Waals surface area contributed by atoms with E-state index < -0.39 is 0 Å². The summed E-state index contributed by atoms with van der Waals surface area (Å²) in [7, 11) is 1.58. The lowest BCUT2D eigenvalue weighted by molar-refractivity contribution is 0.413. The zero-order valence-electron chi connectivity index (χ0n) is 12.5. The molecule has 3 heteroatoms. The highest BCUT2D eigenvalue weighted by Gasteiger charge is 2.03. The van der Waals surface area contributed by atoms with E-state index in [0.29, 0.717) is 11.3 Å². The molecular formula is C18H20N2O. The standard InChI is InChI=1S/C18H20N2O/c1-14-5-3-4-6-16(14)9-10-20-13-15-7-8-18(21-2)17(11-15)12-19/h3-8,11,20H,9-10,13H2,1-2H3. The van der Waals surface area contributed by atoms with Crippen LogP contribution in [0, 0.1) is 18.3 Å². The van der Waals surface area contributed by atoms with Crippen LogP contribution in [0.2, 0.25) is 0 Å². The van der Waals surface area contributed by atoms with E-state index in [-0.39, 0.29) is 0 Å². The molecule has 2 rings (SSSR count). The van der Waals surface area contributed by atoms with Gasteiger partial charge in [-0.25, -0.2) is 0 Å². The van der Waals surface area contributed by atoms with Crippen LogP contribution in [0.25, 0.3) is 0 Å². The molecule has 0 atom stereocenters. The van der Waals surface area contributed by atoms with Gasteiger partial charge in [-0.3, -0.25) is 0 Å². The Morgan fingerprint density at radius 3 is 2.71 bits per heavy atom. The van der Waals surface area contributed by atoms with Crippen molar-refractivity contribution in [1.82, 2.24) is 5.32 Å². The summed E-state index contributed by atoms with van der Waals surface area (Å²) in [6, 6.07) is 16.3. The maximum absolute atomic E-state index is 9.07. The second-order valence-corrected chi connectivity index (χ2v) is 5.00. The number of nitrogens with one attached hydrogen (secondary N) is 1. The van der Waals surface area contributed by atoms with E-state index in [1.54, 1.807) is 7.11 Å². The summed E-state index contributed by atoms with van der Waals surface area (Å²) in [5, 5.41) is 12.5. The highest BCUT2D eigenvalue weighted by molar-refractivity contribution is 5.45. The first kappa shape index (κ1) is 15.1. The van der Waals surface area contributed by atoms with Crippen molar-refractivity contribution in [3.63, 3.8) is 0 Å². The lowest BCUT2D eigenvalue weighted by Crippen LogP contribution is -2.17. The first-order valence-electron chi connectivity index (χ1n) is 7.07. The van der Waals surface area contributed by atoms with Crippen LogP contribution >= 0.6 is 0 Å². The van der Waals surface area contributed by atoms with Gasteiger partial charge in [0, 0.05) is 6.54 Å².